The summed E-state index contributed by atoms with van der Waals surface area (Å²) in [6.07, 6.45) is 9.21. The van der Waals surface area contributed by atoms with E-state index >= 15 is 0 Å². The van der Waals surface area contributed by atoms with E-state index in [1.807, 2.05) is 12.1 Å². The minimum absolute atomic E-state index is 0.0891. The van der Waals surface area contributed by atoms with Crippen LogP contribution >= 0.6 is 0 Å². The molecule has 4 N–H and O–H groups in total. The molecule has 0 amide bonds. The maximum atomic E-state index is 6.11. The monoisotopic (exact) mass is 352 g/mol. The zero-order valence-corrected chi connectivity index (χ0v) is 16.8. The lowest BCUT2D eigenvalue weighted by atomic mass is 9.66. The van der Waals surface area contributed by atoms with Crippen LogP contribution in [-0.2, 0) is 5.41 Å². The van der Waals surface area contributed by atoms with Gasteiger partial charge in [-0.2, -0.15) is 0 Å². The van der Waals surface area contributed by atoms with E-state index in [0.717, 1.165) is 11.4 Å². The largest absolute Gasteiger partial charge is 0.399 e. The van der Waals surface area contributed by atoms with E-state index in [1.165, 1.54) is 56.1 Å². The Bertz CT molecular complexity index is 632. The molecular formula is C24H36N2. The Morgan fingerprint density at radius 2 is 1.31 bits per heavy atom. The average molecular weight is 353 g/mol. The first-order chi connectivity index (χ1) is 12.5. The summed E-state index contributed by atoms with van der Waals surface area (Å²) in [4.78, 5) is 0. The van der Waals surface area contributed by atoms with E-state index in [2.05, 4.69) is 57.2 Å². The normalized spacial score (nSPS) is 12.9. The first-order valence-corrected chi connectivity index (χ1v) is 10.2. The Morgan fingerprint density at radius 1 is 0.808 bits per heavy atom. The predicted octanol–water partition coefficient (Wildman–Crippen LogP) is 6.54. The van der Waals surface area contributed by atoms with Gasteiger partial charge >= 0.3 is 0 Å². The standard InChI is InChI=1S/C24H36N2/c1-4-5-6-7-8-9-12-19(2)24(3,20-13-10-15-22(25)17-20)21-14-11-16-23(26)18-21/h10-11,13-19H,4-9,12,25-26H2,1-3H3. The SMILES string of the molecule is CCCCCCCCC(C)C(C)(c1cccc(N)c1)c1cccc(N)c1. The summed E-state index contributed by atoms with van der Waals surface area (Å²) in [5, 5.41) is 0. The quantitative estimate of drug-likeness (QED) is 0.376. The summed E-state index contributed by atoms with van der Waals surface area (Å²) in [6, 6.07) is 16.7. The molecule has 0 fully saturated rings. The van der Waals surface area contributed by atoms with Crippen molar-refractivity contribution in [3.05, 3.63) is 59.7 Å². The topological polar surface area (TPSA) is 52.0 Å². The predicted molar refractivity (Wildman–Crippen MR) is 115 cm³/mol. The fourth-order valence-electron chi connectivity index (χ4n) is 3.98. The molecule has 0 bridgehead atoms. The maximum absolute atomic E-state index is 6.11. The number of anilines is 2. The Kier molecular flexibility index (Phi) is 7.56. The van der Waals surface area contributed by atoms with Gasteiger partial charge in [0.25, 0.3) is 0 Å². The summed E-state index contributed by atoms with van der Waals surface area (Å²) < 4.78 is 0. The van der Waals surface area contributed by atoms with E-state index in [-0.39, 0.29) is 5.41 Å². The molecule has 0 aliphatic heterocycles. The van der Waals surface area contributed by atoms with Crippen molar-refractivity contribution in [2.45, 2.75) is 71.1 Å². The van der Waals surface area contributed by atoms with Crippen molar-refractivity contribution in [1.82, 2.24) is 0 Å². The molecule has 2 aromatic carbocycles. The first-order valence-electron chi connectivity index (χ1n) is 10.2. The highest BCUT2D eigenvalue weighted by Gasteiger charge is 2.34. The summed E-state index contributed by atoms with van der Waals surface area (Å²) >= 11 is 0. The second-order valence-corrected chi connectivity index (χ2v) is 7.91. The van der Waals surface area contributed by atoms with Crippen LogP contribution in [0.3, 0.4) is 0 Å². The Hall–Kier alpha value is -1.96. The van der Waals surface area contributed by atoms with Crippen LogP contribution in [0.1, 0.15) is 76.8 Å². The lowest BCUT2D eigenvalue weighted by Gasteiger charge is -2.37. The molecule has 0 aliphatic rings. The molecule has 2 rings (SSSR count). The molecule has 0 radical (unpaired) electrons. The number of benzene rings is 2. The number of rotatable bonds is 10. The highest BCUT2D eigenvalue weighted by molar-refractivity contribution is 5.51. The van der Waals surface area contributed by atoms with Crippen molar-refractivity contribution >= 4 is 11.4 Å². The van der Waals surface area contributed by atoms with Crippen molar-refractivity contribution < 1.29 is 0 Å². The van der Waals surface area contributed by atoms with Gasteiger partial charge in [-0.1, -0.05) is 83.6 Å². The minimum Gasteiger partial charge on any atom is -0.399 e. The van der Waals surface area contributed by atoms with Crippen LogP contribution in [0.4, 0.5) is 11.4 Å². The third-order valence-corrected chi connectivity index (χ3v) is 5.95. The van der Waals surface area contributed by atoms with Gasteiger partial charge in [0.1, 0.15) is 0 Å². The molecule has 0 saturated carbocycles. The van der Waals surface area contributed by atoms with Gasteiger partial charge in [0, 0.05) is 16.8 Å². The molecule has 2 nitrogen and oxygen atoms in total. The molecule has 0 heterocycles. The van der Waals surface area contributed by atoms with Gasteiger partial charge in [-0.05, 0) is 47.7 Å². The third-order valence-electron chi connectivity index (χ3n) is 5.95. The molecule has 0 spiro atoms. The van der Waals surface area contributed by atoms with Crippen LogP contribution in [0, 0.1) is 5.92 Å². The van der Waals surface area contributed by atoms with Crippen molar-refractivity contribution in [3.8, 4) is 0 Å². The van der Waals surface area contributed by atoms with Crippen LogP contribution < -0.4 is 11.5 Å². The van der Waals surface area contributed by atoms with Gasteiger partial charge in [-0.15, -0.1) is 0 Å². The second kappa shape index (κ2) is 9.66. The molecule has 2 aromatic rings. The average Bonchev–Trinajstić information content (AvgIpc) is 2.63. The first kappa shape index (κ1) is 20.4. The zero-order valence-electron chi connectivity index (χ0n) is 16.8. The zero-order chi connectivity index (χ0) is 19.0. The third kappa shape index (κ3) is 5.03. The Labute approximate surface area is 160 Å². The summed E-state index contributed by atoms with van der Waals surface area (Å²) in [6.45, 7) is 6.99. The van der Waals surface area contributed by atoms with Crippen molar-refractivity contribution in [2.24, 2.45) is 5.92 Å². The Balaban J connectivity index is 2.21. The molecule has 1 unspecified atom stereocenters. The molecule has 0 saturated heterocycles. The highest BCUT2D eigenvalue weighted by Crippen LogP contribution is 2.42. The molecule has 26 heavy (non-hydrogen) atoms. The Morgan fingerprint density at radius 3 is 1.81 bits per heavy atom. The van der Waals surface area contributed by atoms with Gasteiger partial charge in [0.05, 0.1) is 0 Å². The van der Waals surface area contributed by atoms with E-state index in [0.29, 0.717) is 5.92 Å². The van der Waals surface area contributed by atoms with E-state index in [1.54, 1.807) is 0 Å². The van der Waals surface area contributed by atoms with E-state index < -0.39 is 0 Å². The van der Waals surface area contributed by atoms with Crippen LogP contribution in [-0.4, -0.2) is 0 Å². The summed E-state index contributed by atoms with van der Waals surface area (Å²) in [5.74, 6) is 0.511. The number of hydrogen-bond acceptors (Lipinski definition) is 2. The second-order valence-electron chi connectivity index (χ2n) is 7.91. The fraction of sp³-hybridized carbons (Fsp3) is 0.500. The van der Waals surface area contributed by atoms with Gasteiger partial charge in [-0.25, -0.2) is 0 Å². The lowest BCUT2D eigenvalue weighted by Crippen LogP contribution is -2.32. The van der Waals surface area contributed by atoms with Gasteiger partial charge in [-0.3, -0.25) is 0 Å². The minimum atomic E-state index is -0.0891. The number of nitrogens with two attached hydrogens (primary N) is 2. The van der Waals surface area contributed by atoms with Crippen molar-refractivity contribution in [1.29, 1.82) is 0 Å². The smallest absolute Gasteiger partial charge is 0.0317 e. The van der Waals surface area contributed by atoms with Crippen molar-refractivity contribution in [2.75, 3.05) is 11.5 Å². The van der Waals surface area contributed by atoms with E-state index in [4.69, 9.17) is 11.5 Å². The van der Waals surface area contributed by atoms with Crippen LogP contribution in [0.5, 0.6) is 0 Å². The van der Waals surface area contributed by atoms with Gasteiger partial charge in [0.2, 0.25) is 0 Å². The molecule has 1 atom stereocenters. The summed E-state index contributed by atoms with van der Waals surface area (Å²) in [7, 11) is 0. The number of nitrogen functional groups attached to an aromatic ring is 2. The number of unbranched alkanes of at least 4 members (excludes halogenated alkanes) is 5. The van der Waals surface area contributed by atoms with Gasteiger partial charge < -0.3 is 11.5 Å². The van der Waals surface area contributed by atoms with Gasteiger partial charge in [0.15, 0.2) is 0 Å². The lowest BCUT2D eigenvalue weighted by molar-refractivity contribution is 0.338. The molecule has 0 aromatic heterocycles. The fourth-order valence-corrected chi connectivity index (χ4v) is 3.98. The van der Waals surface area contributed by atoms with Crippen LogP contribution in [0.25, 0.3) is 0 Å². The number of hydrogen-bond donors (Lipinski definition) is 2. The molecule has 2 heteroatoms. The van der Waals surface area contributed by atoms with Crippen LogP contribution in [0.15, 0.2) is 48.5 Å². The molecule has 0 aliphatic carbocycles. The van der Waals surface area contributed by atoms with Crippen molar-refractivity contribution in [3.63, 3.8) is 0 Å². The summed E-state index contributed by atoms with van der Waals surface area (Å²) in [5.41, 5.74) is 16.3. The molecule has 142 valence electrons. The van der Waals surface area contributed by atoms with E-state index in [9.17, 15) is 0 Å². The molecular weight excluding hydrogens is 316 g/mol. The highest BCUT2D eigenvalue weighted by atomic mass is 14.6. The van der Waals surface area contributed by atoms with Crippen LogP contribution in [0.2, 0.25) is 0 Å². The maximum Gasteiger partial charge on any atom is 0.0317 e.